The zero-order valence-electron chi connectivity index (χ0n) is 11.7. The van der Waals surface area contributed by atoms with Crippen LogP contribution < -0.4 is 10.6 Å². The summed E-state index contributed by atoms with van der Waals surface area (Å²) in [5.41, 5.74) is 1.35. The van der Waals surface area contributed by atoms with Crippen LogP contribution in [0.15, 0.2) is 18.3 Å². The van der Waals surface area contributed by atoms with Gasteiger partial charge in [-0.15, -0.1) is 0 Å². The Labute approximate surface area is 114 Å². The molecule has 0 aliphatic heterocycles. The van der Waals surface area contributed by atoms with Crippen molar-refractivity contribution >= 4 is 11.6 Å². The Morgan fingerprint density at radius 3 is 2.95 bits per heavy atom. The van der Waals surface area contributed by atoms with Crippen LogP contribution in [-0.2, 0) is 4.74 Å². The molecule has 106 valence electrons. The topological polar surface area (TPSA) is 63.2 Å². The molecule has 0 unspecified atom stereocenters. The molecule has 0 aromatic carbocycles. The van der Waals surface area contributed by atoms with E-state index in [-0.39, 0.29) is 5.91 Å². The van der Waals surface area contributed by atoms with Crippen molar-refractivity contribution in [3.05, 3.63) is 24.0 Å². The highest BCUT2D eigenvalue weighted by molar-refractivity contribution is 5.93. The number of amides is 1. The summed E-state index contributed by atoms with van der Waals surface area (Å²) in [6.45, 7) is 6.97. The highest BCUT2D eigenvalue weighted by Gasteiger charge is 2.06. The third-order valence-corrected chi connectivity index (χ3v) is 2.47. The Morgan fingerprint density at radius 1 is 1.37 bits per heavy atom. The Hall–Kier alpha value is -1.62. The number of hydrogen-bond donors (Lipinski definition) is 2. The van der Waals surface area contributed by atoms with E-state index in [0.29, 0.717) is 18.8 Å². The van der Waals surface area contributed by atoms with Crippen LogP contribution in [-0.4, -0.2) is 37.2 Å². The molecule has 1 aromatic rings. The Morgan fingerprint density at radius 2 is 2.21 bits per heavy atom. The molecule has 0 fully saturated rings. The van der Waals surface area contributed by atoms with E-state index in [4.69, 9.17) is 4.74 Å². The van der Waals surface area contributed by atoms with Gasteiger partial charge in [0.05, 0.1) is 0 Å². The summed E-state index contributed by atoms with van der Waals surface area (Å²) in [5.74, 6) is -0.143. The Bertz CT molecular complexity index is 383. The smallest absolute Gasteiger partial charge is 0.269 e. The van der Waals surface area contributed by atoms with Crippen molar-refractivity contribution in [2.45, 2.75) is 26.7 Å². The van der Waals surface area contributed by atoms with E-state index in [0.717, 1.165) is 31.7 Å². The number of ether oxygens (including phenoxy) is 1. The standard InChI is InChI=1S/C14H23N3O2/c1-3-9-19-10-5-7-17-14(18)13-11-12(15-4-2)6-8-16-13/h6,8,11H,3-5,7,9-10H2,1-2H3,(H,15,16)(H,17,18). The number of hydrogen-bond acceptors (Lipinski definition) is 4. The molecule has 0 bridgehead atoms. The Balaban J connectivity index is 2.30. The third kappa shape index (κ3) is 6.20. The van der Waals surface area contributed by atoms with Crippen LogP contribution in [0.25, 0.3) is 0 Å². The molecule has 1 heterocycles. The first-order valence-electron chi connectivity index (χ1n) is 6.83. The molecule has 0 saturated carbocycles. The van der Waals surface area contributed by atoms with Crippen molar-refractivity contribution in [3.8, 4) is 0 Å². The molecule has 0 radical (unpaired) electrons. The van der Waals surface area contributed by atoms with Gasteiger partial charge in [0, 0.05) is 38.2 Å². The molecule has 0 spiro atoms. The lowest BCUT2D eigenvalue weighted by atomic mass is 10.3. The van der Waals surface area contributed by atoms with E-state index in [1.165, 1.54) is 0 Å². The number of carbonyl (C=O) groups excluding carboxylic acids is 1. The molecule has 1 rings (SSSR count). The molecule has 2 N–H and O–H groups in total. The van der Waals surface area contributed by atoms with E-state index in [2.05, 4.69) is 22.5 Å². The SMILES string of the molecule is CCCOCCCNC(=O)c1cc(NCC)ccn1. The largest absolute Gasteiger partial charge is 0.385 e. The lowest BCUT2D eigenvalue weighted by Crippen LogP contribution is -2.26. The van der Waals surface area contributed by atoms with Crippen LogP contribution in [0.3, 0.4) is 0 Å². The zero-order chi connectivity index (χ0) is 13.9. The van der Waals surface area contributed by atoms with Crippen LogP contribution in [0.1, 0.15) is 37.2 Å². The molecule has 19 heavy (non-hydrogen) atoms. The van der Waals surface area contributed by atoms with Crippen molar-refractivity contribution < 1.29 is 9.53 Å². The molecule has 1 amide bonds. The Kier molecular flexibility index (Phi) is 7.58. The van der Waals surface area contributed by atoms with Gasteiger partial charge >= 0.3 is 0 Å². The maximum Gasteiger partial charge on any atom is 0.269 e. The first-order chi connectivity index (χ1) is 9.27. The van der Waals surface area contributed by atoms with Gasteiger partial charge in [0.1, 0.15) is 5.69 Å². The van der Waals surface area contributed by atoms with E-state index in [1.807, 2.05) is 13.0 Å². The first-order valence-corrected chi connectivity index (χ1v) is 6.83. The summed E-state index contributed by atoms with van der Waals surface area (Å²) < 4.78 is 5.34. The van der Waals surface area contributed by atoms with Gasteiger partial charge in [-0.1, -0.05) is 6.92 Å². The van der Waals surface area contributed by atoms with Gasteiger partial charge in [0.15, 0.2) is 0 Å². The van der Waals surface area contributed by atoms with Gasteiger partial charge in [-0.3, -0.25) is 9.78 Å². The number of carbonyl (C=O) groups is 1. The van der Waals surface area contributed by atoms with E-state index < -0.39 is 0 Å². The highest BCUT2D eigenvalue weighted by Crippen LogP contribution is 2.07. The number of pyridine rings is 1. The van der Waals surface area contributed by atoms with Gasteiger partial charge in [-0.25, -0.2) is 0 Å². The fourth-order valence-electron chi connectivity index (χ4n) is 1.58. The van der Waals surface area contributed by atoms with Gasteiger partial charge < -0.3 is 15.4 Å². The number of rotatable bonds is 9. The molecule has 5 heteroatoms. The number of nitrogens with one attached hydrogen (secondary N) is 2. The van der Waals surface area contributed by atoms with Crippen molar-refractivity contribution in [1.29, 1.82) is 0 Å². The quantitative estimate of drug-likeness (QED) is 0.671. The molecular formula is C14H23N3O2. The van der Waals surface area contributed by atoms with Crippen molar-refractivity contribution in [2.75, 3.05) is 31.6 Å². The van der Waals surface area contributed by atoms with Crippen LogP contribution in [0.2, 0.25) is 0 Å². The summed E-state index contributed by atoms with van der Waals surface area (Å²) in [6, 6.07) is 3.60. The van der Waals surface area contributed by atoms with Gasteiger partial charge in [-0.05, 0) is 31.9 Å². The normalized spacial score (nSPS) is 10.2. The number of anilines is 1. The molecule has 0 aliphatic rings. The average molecular weight is 265 g/mol. The maximum absolute atomic E-state index is 11.8. The lowest BCUT2D eigenvalue weighted by molar-refractivity contribution is 0.0936. The molecule has 0 saturated heterocycles. The van der Waals surface area contributed by atoms with Gasteiger partial charge in [0.25, 0.3) is 5.91 Å². The molecule has 5 nitrogen and oxygen atoms in total. The van der Waals surface area contributed by atoms with Gasteiger partial charge in [0.2, 0.25) is 0 Å². The van der Waals surface area contributed by atoms with E-state index in [9.17, 15) is 4.79 Å². The fourth-order valence-corrected chi connectivity index (χ4v) is 1.58. The average Bonchev–Trinajstić information content (AvgIpc) is 2.43. The van der Waals surface area contributed by atoms with Crippen molar-refractivity contribution in [3.63, 3.8) is 0 Å². The first kappa shape index (κ1) is 15.4. The van der Waals surface area contributed by atoms with E-state index in [1.54, 1.807) is 12.3 Å². The maximum atomic E-state index is 11.8. The molecule has 1 aromatic heterocycles. The minimum Gasteiger partial charge on any atom is -0.385 e. The minimum atomic E-state index is -0.143. The number of aromatic nitrogens is 1. The zero-order valence-corrected chi connectivity index (χ0v) is 11.7. The van der Waals surface area contributed by atoms with Crippen LogP contribution in [0, 0.1) is 0 Å². The summed E-state index contributed by atoms with van der Waals surface area (Å²) in [5, 5.41) is 5.99. The second kappa shape index (κ2) is 9.33. The van der Waals surface area contributed by atoms with E-state index >= 15 is 0 Å². The molecule has 0 aliphatic carbocycles. The number of nitrogens with zero attached hydrogens (tertiary/aromatic N) is 1. The van der Waals surface area contributed by atoms with Gasteiger partial charge in [-0.2, -0.15) is 0 Å². The summed E-state index contributed by atoms with van der Waals surface area (Å²) in [7, 11) is 0. The lowest BCUT2D eigenvalue weighted by Gasteiger charge is -2.07. The molecular weight excluding hydrogens is 242 g/mol. The highest BCUT2D eigenvalue weighted by atomic mass is 16.5. The van der Waals surface area contributed by atoms with Crippen LogP contribution >= 0.6 is 0 Å². The monoisotopic (exact) mass is 265 g/mol. The van der Waals surface area contributed by atoms with Crippen molar-refractivity contribution in [2.24, 2.45) is 0 Å². The predicted molar refractivity (Wildman–Crippen MR) is 76.5 cm³/mol. The second-order valence-corrected chi connectivity index (χ2v) is 4.18. The fraction of sp³-hybridized carbons (Fsp3) is 0.571. The van der Waals surface area contributed by atoms with Crippen LogP contribution in [0.4, 0.5) is 5.69 Å². The summed E-state index contributed by atoms with van der Waals surface area (Å²) in [4.78, 5) is 15.9. The second-order valence-electron chi connectivity index (χ2n) is 4.18. The minimum absolute atomic E-state index is 0.143. The summed E-state index contributed by atoms with van der Waals surface area (Å²) in [6.07, 6.45) is 3.48. The summed E-state index contributed by atoms with van der Waals surface area (Å²) >= 11 is 0. The predicted octanol–water partition coefficient (Wildman–Crippen LogP) is 2.06. The van der Waals surface area contributed by atoms with Crippen LogP contribution in [0.5, 0.6) is 0 Å². The molecule has 0 atom stereocenters. The van der Waals surface area contributed by atoms with Crippen molar-refractivity contribution in [1.82, 2.24) is 10.3 Å². The third-order valence-electron chi connectivity index (χ3n) is 2.47.